The monoisotopic (exact) mass is 391 g/mol. The van der Waals surface area contributed by atoms with E-state index < -0.39 is 5.91 Å². The summed E-state index contributed by atoms with van der Waals surface area (Å²) in [5, 5.41) is 5.49. The Kier molecular flexibility index (Phi) is 5.14. The molecule has 1 amide bonds. The summed E-state index contributed by atoms with van der Waals surface area (Å²) in [6, 6.07) is 16.4. The van der Waals surface area contributed by atoms with Gasteiger partial charge in [0.15, 0.2) is 5.69 Å². The van der Waals surface area contributed by atoms with Gasteiger partial charge in [0.05, 0.1) is 5.69 Å². The highest BCUT2D eigenvalue weighted by Gasteiger charge is 2.18. The summed E-state index contributed by atoms with van der Waals surface area (Å²) in [6.45, 7) is 3.36. The van der Waals surface area contributed by atoms with E-state index in [0.717, 1.165) is 34.1 Å². The topological polar surface area (TPSA) is 77.9 Å². The van der Waals surface area contributed by atoms with Crippen LogP contribution in [0.25, 0.3) is 22.2 Å². The van der Waals surface area contributed by atoms with Crippen LogP contribution in [-0.2, 0) is 13.1 Å². The van der Waals surface area contributed by atoms with Crippen molar-refractivity contribution in [2.24, 2.45) is 5.84 Å². The number of hydrazine groups is 1. The van der Waals surface area contributed by atoms with Crippen LogP contribution in [0, 0.1) is 5.82 Å². The van der Waals surface area contributed by atoms with Crippen molar-refractivity contribution >= 4 is 16.8 Å². The Morgan fingerprint density at radius 3 is 2.66 bits per heavy atom. The number of halogens is 1. The summed E-state index contributed by atoms with van der Waals surface area (Å²) in [4.78, 5) is 12.0. The van der Waals surface area contributed by atoms with E-state index in [2.05, 4.69) is 40.3 Å². The largest absolute Gasteiger partial charge is 0.342 e. The van der Waals surface area contributed by atoms with Gasteiger partial charge in [-0.2, -0.15) is 5.10 Å². The second-order valence-corrected chi connectivity index (χ2v) is 6.93. The van der Waals surface area contributed by atoms with Crippen LogP contribution in [-0.4, -0.2) is 20.3 Å². The van der Waals surface area contributed by atoms with Crippen LogP contribution < -0.4 is 11.3 Å². The molecule has 0 aliphatic rings. The van der Waals surface area contributed by atoms with E-state index in [0.29, 0.717) is 13.1 Å². The molecule has 0 aliphatic carbocycles. The van der Waals surface area contributed by atoms with Gasteiger partial charge in [0, 0.05) is 35.8 Å². The van der Waals surface area contributed by atoms with Gasteiger partial charge in [0.25, 0.3) is 5.91 Å². The summed E-state index contributed by atoms with van der Waals surface area (Å²) >= 11 is 0. The molecule has 2 heterocycles. The van der Waals surface area contributed by atoms with Crippen molar-refractivity contribution in [3.05, 3.63) is 77.9 Å². The summed E-state index contributed by atoms with van der Waals surface area (Å²) < 4.78 is 17.2. The molecule has 0 radical (unpaired) electrons. The summed E-state index contributed by atoms with van der Waals surface area (Å²) in [7, 11) is 0. The molecule has 2 aromatic heterocycles. The number of amides is 1. The van der Waals surface area contributed by atoms with Crippen molar-refractivity contribution in [2.45, 2.75) is 26.4 Å². The van der Waals surface area contributed by atoms with Gasteiger partial charge in [-0.1, -0.05) is 37.3 Å². The van der Waals surface area contributed by atoms with Crippen LogP contribution in [0.4, 0.5) is 4.39 Å². The predicted molar refractivity (Wildman–Crippen MR) is 111 cm³/mol. The van der Waals surface area contributed by atoms with E-state index in [1.165, 1.54) is 12.1 Å². The van der Waals surface area contributed by atoms with Gasteiger partial charge in [-0.3, -0.25) is 14.9 Å². The third kappa shape index (κ3) is 3.64. The number of carbonyl (C=O) groups excluding carboxylic acids is 1. The standard InChI is InChI=1S/C22H22FN5O/c1-2-11-28-21(12-19(26-28)22(29)25-24)18-14-27(20-6-4-3-5-17(18)20)13-15-7-9-16(23)10-8-15/h3-10,12,14H,2,11,13,24H2,1H3,(H,25,29). The van der Waals surface area contributed by atoms with Crippen LogP contribution in [0.15, 0.2) is 60.8 Å². The molecule has 0 bridgehead atoms. The Hall–Kier alpha value is -3.45. The molecule has 148 valence electrons. The van der Waals surface area contributed by atoms with Crippen molar-refractivity contribution < 1.29 is 9.18 Å². The fourth-order valence-corrected chi connectivity index (χ4v) is 3.57. The van der Waals surface area contributed by atoms with Gasteiger partial charge in [-0.15, -0.1) is 0 Å². The maximum atomic E-state index is 13.3. The molecule has 6 nitrogen and oxygen atoms in total. The van der Waals surface area contributed by atoms with Gasteiger partial charge in [0.2, 0.25) is 0 Å². The molecule has 0 atom stereocenters. The van der Waals surface area contributed by atoms with Crippen molar-refractivity contribution in [3.63, 3.8) is 0 Å². The van der Waals surface area contributed by atoms with Gasteiger partial charge in [0.1, 0.15) is 5.82 Å². The van der Waals surface area contributed by atoms with E-state index in [1.807, 2.05) is 16.8 Å². The molecule has 0 aliphatic heterocycles. The molecule has 3 N–H and O–H groups in total. The minimum absolute atomic E-state index is 0.249. The van der Waals surface area contributed by atoms with E-state index in [-0.39, 0.29) is 11.5 Å². The first-order chi connectivity index (χ1) is 14.1. The lowest BCUT2D eigenvalue weighted by atomic mass is 10.1. The molecular formula is C22H22FN5O. The number of nitrogens with one attached hydrogen (secondary N) is 1. The molecule has 4 rings (SSSR count). The quantitative estimate of drug-likeness (QED) is 0.299. The number of carbonyl (C=O) groups is 1. The lowest BCUT2D eigenvalue weighted by Gasteiger charge is -2.05. The minimum Gasteiger partial charge on any atom is -0.342 e. The first-order valence-corrected chi connectivity index (χ1v) is 9.52. The number of aromatic nitrogens is 3. The zero-order valence-electron chi connectivity index (χ0n) is 16.1. The molecular weight excluding hydrogens is 369 g/mol. The van der Waals surface area contributed by atoms with E-state index in [1.54, 1.807) is 18.2 Å². The lowest BCUT2D eigenvalue weighted by molar-refractivity contribution is 0.0947. The highest BCUT2D eigenvalue weighted by Crippen LogP contribution is 2.32. The van der Waals surface area contributed by atoms with Crippen LogP contribution in [0.2, 0.25) is 0 Å². The first-order valence-electron chi connectivity index (χ1n) is 9.52. The maximum Gasteiger partial charge on any atom is 0.285 e. The number of nitrogens with two attached hydrogens (primary N) is 1. The second-order valence-electron chi connectivity index (χ2n) is 6.93. The molecule has 0 fully saturated rings. The number of para-hydroxylation sites is 1. The smallest absolute Gasteiger partial charge is 0.285 e. The lowest BCUT2D eigenvalue weighted by Crippen LogP contribution is -2.30. The van der Waals surface area contributed by atoms with Crippen molar-refractivity contribution in [3.8, 4) is 11.3 Å². The Morgan fingerprint density at radius 1 is 1.17 bits per heavy atom. The van der Waals surface area contributed by atoms with Crippen LogP contribution in [0.1, 0.15) is 29.4 Å². The number of fused-ring (bicyclic) bond motifs is 1. The maximum absolute atomic E-state index is 13.3. The van der Waals surface area contributed by atoms with Crippen LogP contribution in [0.5, 0.6) is 0 Å². The summed E-state index contributed by atoms with van der Waals surface area (Å²) in [5.41, 5.74) is 6.33. The summed E-state index contributed by atoms with van der Waals surface area (Å²) in [5.74, 6) is 4.62. The molecule has 0 unspecified atom stereocenters. The average Bonchev–Trinajstić information content (AvgIpc) is 3.31. The minimum atomic E-state index is -0.420. The first kappa shape index (κ1) is 18.9. The second kappa shape index (κ2) is 7.89. The number of nitrogen functional groups attached to an aromatic ring is 1. The fourth-order valence-electron chi connectivity index (χ4n) is 3.57. The van der Waals surface area contributed by atoms with Gasteiger partial charge >= 0.3 is 0 Å². The van der Waals surface area contributed by atoms with Crippen LogP contribution in [0.3, 0.4) is 0 Å². The van der Waals surface area contributed by atoms with Crippen LogP contribution >= 0.6 is 0 Å². The SMILES string of the molecule is CCCn1nc(C(=O)NN)cc1-c1cn(Cc2ccc(F)cc2)c2ccccc12. The fraction of sp³-hybridized carbons (Fsp3) is 0.182. The van der Waals surface area contributed by atoms with Crippen molar-refractivity contribution in [1.29, 1.82) is 0 Å². The number of rotatable bonds is 6. The van der Waals surface area contributed by atoms with Gasteiger partial charge < -0.3 is 4.57 Å². The molecule has 2 aromatic carbocycles. The van der Waals surface area contributed by atoms with Crippen molar-refractivity contribution in [2.75, 3.05) is 0 Å². The molecule has 7 heteroatoms. The van der Waals surface area contributed by atoms with Gasteiger partial charge in [-0.05, 0) is 36.2 Å². The Morgan fingerprint density at radius 2 is 1.93 bits per heavy atom. The Bertz CT molecular complexity index is 1160. The predicted octanol–water partition coefficient (Wildman–Crippen LogP) is 3.71. The highest BCUT2D eigenvalue weighted by atomic mass is 19.1. The number of hydrogen-bond donors (Lipinski definition) is 2. The van der Waals surface area contributed by atoms with E-state index in [4.69, 9.17) is 5.84 Å². The molecule has 29 heavy (non-hydrogen) atoms. The molecule has 0 spiro atoms. The molecule has 0 saturated carbocycles. The third-order valence-corrected chi connectivity index (χ3v) is 4.91. The molecule has 4 aromatic rings. The Balaban J connectivity index is 1.83. The zero-order chi connectivity index (χ0) is 20.4. The van der Waals surface area contributed by atoms with Crippen molar-refractivity contribution in [1.82, 2.24) is 19.8 Å². The average molecular weight is 391 g/mol. The number of aryl methyl sites for hydroxylation is 1. The number of hydrogen-bond acceptors (Lipinski definition) is 3. The van der Waals surface area contributed by atoms with Gasteiger partial charge in [-0.25, -0.2) is 10.2 Å². The highest BCUT2D eigenvalue weighted by molar-refractivity contribution is 5.98. The number of benzene rings is 2. The third-order valence-electron chi connectivity index (χ3n) is 4.91. The molecule has 0 saturated heterocycles. The van der Waals surface area contributed by atoms with E-state index in [9.17, 15) is 9.18 Å². The Labute approximate surface area is 167 Å². The zero-order valence-corrected chi connectivity index (χ0v) is 16.1. The number of nitrogens with zero attached hydrogens (tertiary/aromatic N) is 3. The normalized spacial score (nSPS) is 11.1. The summed E-state index contributed by atoms with van der Waals surface area (Å²) in [6.07, 6.45) is 2.94. The van der Waals surface area contributed by atoms with E-state index >= 15 is 0 Å².